The number of hydrogen-bond acceptors (Lipinski definition) is 2. The fourth-order valence-corrected chi connectivity index (χ4v) is 1.99. The van der Waals surface area contributed by atoms with Crippen molar-refractivity contribution in [2.24, 2.45) is 0 Å². The first-order valence-corrected chi connectivity index (χ1v) is 5.78. The predicted molar refractivity (Wildman–Crippen MR) is 71.7 cm³/mol. The molecular formula is C15H18NO. The fourth-order valence-electron chi connectivity index (χ4n) is 1.99. The second-order valence-corrected chi connectivity index (χ2v) is 4.26. The largest absolute Gasteiger partial charge is 0.497 e. The number of hydrogen-bond donors (Lipinski definition) is 0. The summed E-state index contributed by atoms with van der Waals surface area (Å²) >= 11 is 0. The maximum atomic E-state index is 5.18. The van der Waals surface area contributed by atoms with Crippen molar-refractivity contribution in [3.8, 4) is 5.75 Å². The number of rotatable bonds is 3. The molecule has 1 aliphatic carbocycles. The van der Waals surface area contributed by atoms with Crippen LogP contribution in [0.1, 0.15) is 12.0 Å². The van der Waals surface area contributed by atoms with Crippen LogP contribution < -0.4 is 4.74 Å². The van der Waals surface area contributed by atoms with E-state index in [1.54, 1.807) is 7.11 Å². The van der Waals surface area contributed by atoms with Gasteiger partial charge >= 0.3 is 0 Å². The van der Waals surface area contributed by atoms with E-state index in [9.17, 15) is 0 Å². The molecular weight excluding hydrogens is 210 g/mol. The fraction of sp³-hybridized carbons (Fsp3) is 0.267. The Morgan fingerprint density at radius 3 is 2.41 bits per heavy atom. The Kier molecular flexibility index (Phi) is 3.52. The van der Waals surface area contributed by atoms with Crippen LogP contribution in [0, 0.1) is 6.42 Å². The molecule has 1 radical (unpaired) electrons. The lowest BCUT2D eigenvalue weighted by atomic mass is 9.94. The van der Waals surface area contributed by atoms with E-state index in [0.717, 1.165) is 12.2 Å². The van der Waals surface area contributed by atoms with Gasteiger partial charge in [-0.05, 0) is 42.2 Å². The lowest BCUT2D eigenvalue weighted by Gasteiger charge is -2.22. The molecule has 0 bridgehead atoms. The Bertz CT molecular complexity index is 440. The average molecular weight is 228 g/mol. The molecule has 2 heteroatoms. The molecule has 89 valence electrons. The van der Waals surface area contributed by atoms with Crippen LogP contribution in [-0.4, -0.2) is 26.1 Å². The second-order valence-electron chi connectivity index (χ2n) is 4.26. The SMILES string of the molecule is COc1ccc(C2=C(N(C)C)C=CC[CH]2)cc1. The van der Waals surface area contributed by atoms with Crippen molar-refractivity contribution >= 4 is 5.57 Å². The molecule has 17 heavy (non-hydrogen) atoms. The molecule has 1 aromatic carbocycles. The van der Waals surface area contributed by atoms with Gasteiger partial charge in [0.05, 0.1) is 7.11 Å². The normalized spacial score (nSPS) is 15.0. The first-order chi connectivity index (χ1) is 8.22. The highest BCUT2D eigenvalue weighted by Crippen LogP contribution is 2.29. The summed E-state index contributed by atoms with van der Waals surface area (Å²) in [6.07, 6.45) is 7.62. The van der Waals surface area contributed by atoms with Crippen molar-refractivity contribution in [3.05, 3.63) is 54.1 Å². The molecule has 1 aliphatic rings. The highest BCUT2D eigenvalue weighted by Gasteiger charge is 2.12. The van der Waals surface area contributed by atoms with Gasteiger partial charge in [-0.25, -0.2) is 0 Å². The summed E-state index contributed by atoms with van der Waals surface area (Å²) in [7, 11) is 5.83. The average Bonchev–Trinajstić information content (AvgIpc) is 2.39. The number of methoxy groups -OCH3 is 1. The lowest BCUT2D eigenvalue weighted by Crippen LogP contribution is -2.13. The molecule has 0 amide bonds. The van der Waals surface area contributed by atoms with Crippen molar-refractivity contribution in [2.45, 2.75) is 6.42 Å². The maximum Gasteiger partial charge on any atom is 0.118 e. The van der Waals surface area contributed by atoms with Gasteiger partial charge in [-0.3, -0.25) is 0 Å². The van der Waals surface area contributed by atoms with E-state index in [4.69, 9.17) is 4.74 Å². The van der Waals surface area contributed by atoms with Crippen LogP contribution in [-0.2, 0) is 0 Å². The van der Waals surface area contributed by atoms with E-state index in [2.05, 4.69) is 49.7 Å². The van der Waals surface area contributed by atoms with Gasteiger partial charge in [0.2, 0.25) is 0 Å². The van der Waals surface area contributed by atoms with Crippen molar-refractivity contribution in [1.29, 1.82) is 0 Å². The van der Waals surface area contributed by atoms with E-state index in [1.807, 2.05) is 12.1 Å². The molecule has 0 aromatic heterocycles. The highest BCUT2D eigenvalue weighted by molar-refractivity contribution is 5.77. The van der Waals surface area contributed by atoms with Gasteiger partial charge in [0.1, 0.15) is 5.75 Å². The molecule has 0 heterocycles. The van der Waals surface area contributed by atoms with Crippen molar-refractivity contribution in [2.75, 3.05) is 21.2 Å². The molecule has 1 aromatic rings. The Labute approximate surface area is 103 Å². The molecule has 0 saturated heterocycles. The Hall–Kier alpha value is -1.70. The molecule has 2 rings (SSSR count). The molecule has 0 spiro atoms. The van der Waals surface area contributed by atoms with Gasteiger partial charge in [0, 0.05) is 19.8 Å². The Morgan fingerprint density at radius 1 is 1.12 bits per heavy atom. The van der Waals surface area contributed by atoms with Crippen LogP contribution in [0.15, 0.2) is 42.1 Å². The summed E-state index contributed by atoms with van der Waals surface area (Å²) in [5.74, 6) is 0.895. The first-order valence-electron chi connectivity index (χ1n) is 5.78. The van der Waals surface area contributed by atoms with Crippen molar-refractivity contribution < 1.29 is 4.74 Å². The predicted octanol–water partition coefficient (Wildman–Crippen LogP) is 3.13. The molecule has 0 aliphatic heterocycles. The first kappa shape index (κ1) is 11.8. The van der Waals surface area contributed by atoms with Gasteiger partial charge in [0.15, 0.2) is 0 Å². The smallest absolute Gasteiger partial charge is 0.118 e. The summed E-state index contributed by atoms with van der Waals surface area (Å²) in [4.78, 5) is 2.14. The summed E-state index contributed by atoms with van der Waals surface area (Å²) in [5, 5.41) is 0. The molecule has 0 N–H and O–H groups in total. The summed E-state index contributed by atoms with van der Waals surface area (Å²) in [6.45, 7) is 0. The van der Waals surface area contributed by atoms with Gasteiger partial charge in [-0.1, -0.05) is 18.2 Å². The molecule has 2 nitrogen and oxygen atoms in total. The number of nitrogens with zero attached hydrogens (tertiary/aromatic N) is 1. The number of likely N-dealkylation sites (N-methyl/N-ethyl adjacent to an activating group) is 1. The van der Waals surface area contributed by atoms with E-state index < -0.39 is 0 Å². The topological polar surface area (TPSA) is 12.5 Å². The lowest BCUT2D eigenvalue weighted by molar-refractivity contribution is 0.415. The minimum Gasteiger partial charge on any atom is -0.497 e. The van der Waals surface area contributed by atoms with Gasteiger partial charge < -0.3 is 9.64 Å². The molecule has 0 atom stereocenters. The standard InChI is InChI=1S/C15H18NO/c1-16(2)15-7-5-4-6-14(15)12-8-10-13(17-3)11-9-12/h5-11H,4H2,1-3H3. The van der Waals surface area contributed by atoms with Crippen molar-refractivity contribution in [1.82, 2.24) is 4.90 Å². The van der Waals surface area contributed by atoms with Gasteiger partial charge in [-0.15, -0.1) is 0 Å². The van der Waals surface area contributed by atoms with E-state index in [-0.39, 0.29) is 0 Å². The summed E-state index contributed by atoms with van der Waals surface area (Å²) < 4.78 is 5.18. The minimum atomic E-state index is 0.895. The van der Waals surface area contributed by atoms with Crippen LogP contribution in [0.4, 0.5) is 0 Å². The minimum absolute atomic E-state index is 0.895. The number of ether oxygens (including phenoxy) is 1. The molecule has 0 saturated carbocycles. The summed E-state index contributed by atoms with van der Waals surface area (Å²) in [5.41, 5.74) is 3.78. The van der Waals surface area contributed by atoms with Crippen LogP contribution in [0.3, 0.4) is 0 Å². The zero-order chi connectivity index (χ0) is 12.3. The number of allylic oxidation sites excluding steroid dienone is 3. The second kappa shape index (κ2) is 5.09. The highest BCUT2D eigenvalue weighted by atomic mass is 16.5. The van der Waals surface area contributed by atoms with E-state index >= 15 is 0 Å². The molecule has 0 unspecified atom stereocenters. The zero-order valence-corrected chi connectivity index (χ0v) is 10.6. The Balaban J connectivity index is 2.38. The maximum absolute atomic E-state index is 5.18. The van der Waals surface area contributed by atoms with Crippen LogP contribution in [0.2, 0.25) is 0 Å². The van der Waals surface area contributed by atoms with E-state index in [0.29, 0.717) is 0 Å². The third-order valence-electron chi connectivity index (χ3n) is 2.89. The Morgan fingerprint density at radius 2 is 1.82 bits per heavy atom. The third-order valence-corrected chi connectivity index (χ3v) is 2.89. The third kappa shape index (κ3) is 2.52. The van der Waals surface area contributed by atoms with Gasteiger partial charge in [-0.2, -0.15) is 0 Å². The van der Waals surface area contributed by atoms with Crippen LogP contribution in [0.25, 0.3) is 5.57 Å². The van der Waals surface area contributed by atoms with Crippen LogP contribution in [0.5, 0.6) is 5.75 Å². The summed E-state index contributed by atoms with van der Waals surface area (Å²) in [6, 6.07) is 8.21. The van der Waals surface area contributed by atoms with E-state index in [1.165, 1.54) is 16.8 Å². The monoisotopic (exact) mass is 228 g/mol. The van der Waals surface area contributed by atoms with Crippen LogP contribution >= 0.6 is 0 Å². The number of benzene rings is 1. The zero-order valence-electron chi connectivity index (χ0n) is 10.6. The van der Waals surface area contributed by atoms with Crippen molar-refractivity contribution in [3.63, 3.8) is 0 Å². The quantitative estimate of drug-likeness (QED) is 0.788. The molecule has 0 fully saturated rings. The van der Waals surface area contributed by atoms with Gasteiger partial charge in [0.25, 0.3) is 0 Å².